The number of rotatable bonds is 5. The average Bonchev–Trinajstić information content (AvgIpc) is 2.99. The first-order valence-corrected chi connectivity index (χ1v) is 7.65. The van der Waals surface area contributed by atoms with Gasteiger partial charge in [0.05, 0.1) is 11.3 Å². The number of hydrogen-bond donors (Lipinski definition) is 1. The molecule has 0 aliphatic heterocycles. The third-order valence-corrected chi connectivity index (χ3v) is 3.85. The highest BCUT2D eigenvalue weighted by atomic mass is 19.1. The van der Waals surface area contributed by atoms with Gasteiger partial charge in [-0.15, -0.1) is 0 Å². The maximum atomic E-state index is 13.2. The molecule has 4 nitrogen and oxygen atoms in total. The zero-order chi connectivity index (χ0) is 16.9. The SMILES string of the molecule is Cc1nccn1Cc1cccc(CNc2ccc(F)cc2C#N)c1. The van der Waals surface area contributed by atoms with Gasteiger partial charge in [0, 0.05) is 25.5 Å². The van der Waals surface area contributed by atoms with Crippen LogP contribution in [0.5, 0.6) is 0 Å². The number of halogens is 1. The summed E-state index contributed by atoms with van der Waals surface area (Å²) in [5, 5.41) is 12.3. The maximum Gasteiger partial charge on any atom is 0.124 e. The molecule has 2 aromatic carbocycles. The van der Waals surface area contributed by atoms with Gasteiger partial charge in [0.1, 0.15) is 17.7 Å². The maximum absolute atomic E-state index is 13.2. The van der Waals surface area contributed by atoms with Crippen LogP contribution in [0.4, 0.5) is 10.1 Å². The van der Waals surface area contributed by atoms with E-state index < -0.39 is 5.82 Å². The van der Waals surface area contributed by atoms with Crippen LogP contribution in [0.1, 0.15) is 22.5 Å². The fourth-order valence-electron chi connectivity index (χ4n) is 2.57. The van der Waals surface area contributed by atoms with E-state index in [2.05, 4.69) is 27.0 Å². The van der Waals surface area contributed by atoms with Gasteiger partial charge in [-0.05, 0) is 36.2 Å². The Morgan fingerprint density at radius 1 is 1.21 bits per heavy atom. The smallest absolute Gasteiger partial charge is 0.124 e. The summed E-state index contributed by atoms with van der Waals surface area (Å²) in [6.45, 7) is 3.31. The fourth-order valence-corrected chi connectivity index (χ4v) is 2.57. The average molecular weight is 320 g/mol. The second-order valence-electron chi connectivity index (χ2n) is 5.58. The molecule has 1 N–H and O–H groups in total. The zero-order valence-electron chi connectivity index (χ0n) is 13.3. The van der Waals surface area contributed by atoms with Gasteiger partial charge >= 0.3 is 0 Å². The molecule has 3 rings (SSSR count). The van der Waals surface area contributed by atoms with Crippen molar-refractivity contribution in [2.45, 2.75) is 20.0 Å². The molecule has 0 spiro atoms. The predicted molar refractivity (Wildman–Crippen MR) is 90.9 cm³/mol. The standard InChI is InChI=1S/C19H17FN4/c1-14-22-7-8-24(14)13-16-4-2-3-15(9-16)12-23-19-6-5-18(20)10-17(19)11-21/h2-10,23H,12-13H2,1H3. The number of nitriles is 1. The molecule has 1 aromatic heterocycles. The Morgan fingerprint density at radius 2 is 2.04 bits per heavy atom. The molecule has 0 aliphatic rings. The Kier molecular flexibility index (Phi) is 4.57. The zero-order valence-corrected chi connectivity index (χ0v) is 13.3. The minimum Gasteiger partial charge on any atom is -0.380 e. The molecule has 0 amide bonds. The minimum absolute atomic E-state index is 0.306. The fraction of sp³-hybridized carbons (Fsp3) is 0.158. The summed E-state index contributed by atoms with van der Waals surface area (Å²) in [6, 6.07) is 14.4. The van der Waals surface area contributed by atoms with Crippen molar-refractivity contribution in [1.29, 1.82) is 5.26 Å². The Balaban J connectivity index is 1.71. The van der Waals surface area contributed by atoms with Crippen LogP contribution in [0.25, 0.3) is 0 Å². The minimum atomic E-state index is -0.408. The van der Waals surface area contributed by atoms with Gasteiger partial charge in [0.25, 0.3) is 0 Å². The van der Waals surface area contributed by atoms with Crippen molar-refractivity contribution in [3.8, 4) is 6.07 Å². The van der Waals surface area contributed by atoms with Crippen LogP contribution in [0, 0.1) is 24.1 Å². The van der Waals surface area contributed by atoms with E-state index in [1.54, 1.807) is 12.3 Å². The largest absolute Gasteiger partial charge is 0.380 e. The third-order valence-electron chi connectivity index (χ3n) is 3.85. The number of aromatic nitrogens is 2. The molecule has 0 unspecified atom stereocenters. The molecular weight excluding hydrogens is 303 g/mol. The number of nitrogens with one attached hydrogen (secondary N) is 1. The number of hydrogen-bond acceptors (Lipinski definition) is 3. The number of aryl methyl sites for hydroxylation is 1. The van der Waals surface area contributed by atoms with E-state index in [1.807, 2.05) is 31.3 Å². The van der Waals surface area contributed by atoms with E-state index in [4.69, 9.17) is 5.26 Å². The van der Waals surface area contributed by atoms with E-state index in [-0.39, 0.29) is 0 Å². The van der Waals surface area contributed by atoms with Gasteiger partial charge in [-0.25, -0.2) is 9.37 Å². The van der Waals surface area contributed by atoms with Crippen LogP contribution in [0.15, 0.2) is 54.9 Å². The quantitative estimate of drug-likeness (QED) is 0.776. The Hall–Kier alpha value is -3.13. The van der Waals surface area contributed by atoms with Crippen LogP contribution in [0.3, 0.4) is 0 Å². The lowest BCUT2D eigenvalue weighted by atomic mass is 10.1. The molecule has 0 radical (unpaired) electrons. The second kappa shape index (κ2) is 6.97. The van der Waals surface area contributed by atoms with Crippen molar-refractivity contribution in [3.05, 3.63) is 83.2 Å². The van der Waals surface area contributed by atoms with Crippen LogP contribution in [-0.4, -0.2) is 9.55 Å². The van der Waals surface area contributed by atoms with Crippen LogP contribution in [-0.2, 0) is 13.1 Å². The van der Waals surface area contributed by atoms with Crippen molar-refractivity contribution in [2.75, 3.05) is 5.32 Å². The second-order valence-corrected chi connectivity index (χ2v) is 5.58. The summed E-state index contributed by atoms with van der Waals surface area (Å²) in [5.41, 5.74) is 3.21. The summed E-state index contributed by atoms with van der Waals surface area (Å²) >= 11 is 0. The first-order chi connectivity index (χ1) is 11.7. The van der Waals surface area contributed by atoms with Gasteiger partial charge in [-0.1, -0.05) is 24.3 Å². The molecule has 1 heterocycles. The Morgan fingerprint density at radius 3 is 2.79 bits per heavy atom. The molecule has 0 fully saturated rings. The van der Waals surface area contributed by atoms with Crippen molar-refractivity contribution in [1.82, 2.24) is 9.55 Å². The molecule has 0 atom stereocenters. The molecule has 0 bridgehead atoms. The molecule has 0 saturated heterocycles. The monoisotopic (exact) mass is 320 g/mol. The van der Waals surface area contributed by atoms with Gasteiger partial charge in [-0.3, -0.25) is 0 Å². The van der Waals surface area contributed by atoms with E-state index in [9.17, 15) is 4.39 Å². The van der Waals surface area contributed by atoms with Crippen LogP contribution >= 0.6 is 0 Å². The van der Waals surface area contributed by atoms with Crippen LogP contribution < -0.4 is 5.32 Å². The van der Waals surface area contributed by atoms with Crippen molar-refractivity contribution in [2.24, 2.45) is 0 Å². The molecule has 24 heavy (non-hydrogen) atoms. The lowest BCUT2D eigenvalue weighted by Crippen LogP contribution is -2.04. The molecule has 0 saturated carbocycles. The molecule has 120 valence electrons. The lowest BCUT2D eigenvalue weighted by Gasteiger charge is -2.10. The van der Waals surface area contributed by atoms with Gasteiger partial charge in [0.2, 0.25) is 0 Å². The highest BCUT2D eigenvalue weighted by Crippen LogP contribution is 2.17. The van der Waals surface area contributed by atoms with E-state index >= 15 is 0 Å². The van der Waals surface area contributed by atoms with E-state index in [0.29, 0.717) is 17.8 Å². The molecule has 0 aliphatic carbocycles. The normalized spacial score (nSPS) is 10.4. The number of nitrogens with zero attached hydrogens (tertiary/aromatic N) is 3. The highest BCUT2D eigenvalue weighted by molar-refractivity contribution is 5.57. The number of imidazole rings is 1. The number of benzene rings is 2. The summed E-state index contributed by atoms with van der Waals surface area (Å²) in [5.74, 6) is 0.568. The van der Waals surface area contributed by atoms with E-state index in [1.165, 1.54) is 17.7 Å². The predicted octanol–water partition coefficient (Wildman–Crippen LogP) is 3.86. The first kappa shape index (κ1) is 15.8. The topological polar surface area (TPSA) is 53.6 Å². The first-order valence-electron chi connectivity index (χ1n) is 7.65. The van der Waals surface area contributed by atoms with Crippen LogP contribution in [0.2, 0.25) is 0 Å². The molecular formula is C19H17FN4. The lowest BCUT2D eigenvalue weighted by molar-refractivity contribution is 0.627. The summed E-state index contributed by atoms with van der Waals surface area (Å²) in [6.07, 6.45) is 3.75. The number of anilines is 1. The van der Waals surface area contributed by atoms with Crippen molar-refractivity contribution < 1.29 is 4.39 Å². The third kappa shape index (κ3) is 3.61. The van der Waals surface area contributed by atoms with Gasteiger partial charge < -0.3 is 9.88 Å². The summed E-state index contributed by atoms with van der Waals surface area (Å²) < 4.78 is 15.3. The Labute approximate surface area is 140 Å². The van der Waals surface area contributed by atoms with Crippen molar-refractivity contribution >= 4 is 5.69 Å². The Bertz CT molecular complexity index is 892. The van der Waals surface area contributed by atoms with Gasteiger partial charge in [-0.2, -0.15) is 5.26 Å². The summed E-state index contributed by atoms with van der Waals surface area (Å²) in [4.78, 5) is 4.23. The molecule has 5 heteroatoms. The van der Waals surface area contributed by atoms with Crippen molar-refractivity contribution in [3.63, 3.8) is 0 Å². The summed E-state index contributed by atoms with van der Waals surface area (Å²) in [7, 11) is 0. The highest BCUT2D eigenvalue weighted by Gasteiger charge is 2.04. The molecule has 3 aromatic rings. The van der Waals surface area contributed by atoms with E-state index in [0.717, 1.165) is 17.9 Å². The van der Waals surface area contributed by atoms with Gasteiger partial charge in [0.15, 0.2) is 0 Å².